The van der Waals surface area contributed by atoms with Crippen LogP contribution in [0.3, 0.4) is 0 Å². The Morgan fingerprint density at radius 3 is 2.73 bits per heavy atom. The molecule has 2 aromatic carbocycles. The van der Waals surface area contributed by atoms with Crippen molar-refractivity contribution in [3.8, 4) is 5.75 Å². The predicted octanol–water partition coefficient (Wildman–Crippen LogP) is 3.77. The molecule has 0 N–H and O–H groups in total. The molecule has 22 heavy (non-hydrogen) atoms. The molecular weight excluding hydrogens is 344 g/mol. The van der Waals surface area contributed by atoms with Crippen molar-refractivity contribution >= 4 is 28.1 Å². The van der Waals surface area contributed by atoms with Crippen LogP contribution in [0.2, 0.25) is 0 Å². The molecule has 0 aromatic heterocycles. The van der Waals surface area contributed by atoms with Crippen LogP contribution < -0.4 is 4.74 Å². The number of hydrazone groups is 1. The van der Waals surface area contributed by atoms with E-state index in [0.717, 1.165) is 21.3 Å². The second-order valence-corrected chi connectivity index (χ2v) is 5.92. The van der Waals surface area contributed by atoms with Gasteiger partial charge in [-0.25, -0.2) is 5.01 Å². The summed E-state index contributed by atoms with van der Waals surface area (Å²) in [6.45, 7) is 0. The highest BCUT2D eigenvalue weighted by Crippen LogP contribution is 2.34. The molecule has 5 heteroatoms. The molecule has 0 radical (unpaired) electrons. The van der Waals surface area contributed by atoms with Crippen LogP contribution in [-0.2, 0) is 4.79 Å². The summed E-state index contributed by atoms with van der Waals surface area (Å²) in [6, 6.07) is 15.6. The molecule has 3 rings (SSSR count). The van der Waals surface area contributed by atoms with Gasteiger partial charge in [-0.3, -0.25) is 4.79 Å². The van der Waals surface area contributed by atoms with E-state index in [1.807, 2.05) is 48.5 Å². The highest BCUT2D eigenvalue weighted by molar-refractivity contribution is 9.10. The van der Waals surface area contributed by atoms with Gasteiger partial charge in [-0.05, 0) is 23.8 Å². The first-order valence-electron chi connectivity index (χ1n) is 6.93. The molecule has 1 heterocycles. The molecule has 1 aliphatic heterocycles. The average Bonchev–Trinajstić information content (AvgIpc) is 2.53. The number of carbonyl (C=O) groups excluding carboxylic acids is 1. The molecule has 1 fully saturated rings. The molecule has 112 valence electrons. The van der Waals surface area contributed by atoms with Gasteiger partial charge in [-0.2, -0.15) is 5.10 Å². The zero-order valence-corrected chi connectivity index (χ0v) is 13.7. The molecule has 2 aromatic rings. The van der Waals surface area contributed by atoms with Gasteiger partial charge in [0.25, 0.3) is 0 Å². The number of halogens is 1. The minimum atomic E-state index is 0.0168. The summed E-state index contributed by atoms with van der Waals surface area (Å²) in [5.41, 5.74) is 1.92. The Hall–Kier alpha value is -2.14. The van der Waals surface area contributed by atoms with Crippen LogP contribution in [-0.4, -0.2) is 24.2 Å². The molecule has 4 nitrogen and oxygen atoms in total. The Labute approximate surface area is 137 Å². The number of carbonyl (C=O) groups is 1. The maximum atomic E-state index is 11.8. The summed E-state index contributed by atoms with van der Waals surface area (Å²) in [5.74, 6) is 0.746. The fourth-order valence-electron chi connectivity index (χ4n) is 2.42. The van der Waals surface area contributed by atoms with Crippen LogP contribution in [0.5, 0.6) is 5.75 Å². The van der Waals surface area contributed by atoms with E-state index in [4.69, 9.17) is 4.74 Å². The normalized spacial score (nSPS) is 17.6. The molecule has 0 unspecified atom stereocenters. The molecular formula is C17H15BrN2O2. The summed E-state index contributed by atoms with van der Waals surface area (Å²) < 4.78 is 6.24. The van der Waals surface area contributed by atoms with Crippen molar-refractivity contribution < 1.29 is 9.53 Å². The summed E-state index contributed by atoms with van der Waals surface area (Å²) >= 11 is 3.43. The summed E-state index contributed by atoms with van der Waals surface area (Å²) in [5, 5.41) is 5.87. The van der Waals surface area contributed by atoms with E-state index >= 15 is 0 Å². The van der Waals surface area contributed by atoms with Gasteiger partial charge >= 0.3 is 0 Å². The standard InChI is InChI=1S/C17H15BrN2O2/c1-22-16-8-7-14(18)9-13(16)11-19-20-15(10-17(20)21)12-5-3-2-4-6-12/h2-9,11,15H,10H2,1H3/b19-11-/t15-/m0/s1. The molecule has 0 bridgehead atoms. The van der Waals surface area contributed by atoms with E-state index in [1.54, 1.807) is 13.3 Å². The SMILES string of the molecule is COc1ccc(Br)cc1/C=N\N1C(=O)C[C@H]1c1ccccc1. The van der Waals surface area contributed by atoms with Gasteiger partial charge in [-0.15, -0.1) is 0 Å². The van der Waals surface area contributed by atoms with Crippen molar-refractivity contribution in [1.82, 2.24) is 5.01 Å². The Balaban J connectivity index is 1.82. The monoisotopic (exact) mass is 358 g/mol. The molecule has 1 aliphatic rings. The van der Waals surface area contributed by atoms with Crippen molar-refractivity contribution in [3.05, 3.63) is 64.1 Å². The van der Waals surface area contributed by atoms with Gasteiger partial charge in [0.15, 0.2) is 0 Å². The zero-order chi connectivity index (χ0) is 15.5. The van der Waals surface area contributed by atoms with Gasteiger partial charge in [0, 0.05) is 10.0 Å². The van der Waals surface area contributed by atoms with Crippen molar-refractivity contribution in [3.63, 3.8) is 0 Å². The Morgan fingerprint density at radius 1 is 1.27 bits per heavy atom. The molecule has 0 saturated carbocycles. The molecule has 0 spiro atoms. The number of β-lactam (4-membered cyclic amide) rings is 1. The second kappa shape index (κ2) is 6.32. The molecule has 0 aliphatic carbocycles. The quantitative estimate of drug-likeness (QED) is 0.616. The number of rotatable bonds is 4. The van der Waals surface area contributed by atoms with Gasteiger partial charge in [0.1, 0.15) is 5.75 Å². The third-order valence-electron chi connectivity index (χ3n) is 3.62. The lowest BCUT2D eigenvalue weighted by Crippen LogP contribution is -2.42. The summed E-state index contributed by atoms with van der Waals surface area (Å²) in [6.07, 6.45) is 2.16. The zero-order valence-electron chi connectivity index (χ0n) is 12.1. The smallest absolute Gasteiger partial charge is 0.245 e. The molecule has 1 atom stereocenters. The number of ether oxygens (including phenoxy) is 1. The predicted molar refractivity (Wildman–Crippen MR) is 88.9 cm³/mol. The number of benzene rings is 2. The van der Waals surface area contributed by atoms with Crippen molar-refractivity contribution in [2.45, 2.75) is 12.5 Å². The number of nitrogens with zero attached hydrogens (tertiary/aromatic N) is 2. The van der Waals surface area contributed by atoms with E-state index < -0.39 is 0 Å². The highest BCUT2D eigenvalue weighted by atomic mass is 79.9. The number of methoxy groups -OCH3 is 1. The van der Waals surface area contributed by atoms with Crippen LogP contribution in [0.1, 0.15) is 23.6 Å². The van der Waals surface area contributed by atoms with Gasteiger partial charge in [0.05, 0.1) is 25.8 Å². The van der Waals surface area contributed by atoms with E-state index in [-0.39, 0.29) is 11.9 Å². The van der Waals surface area contributed by atoms with Gasteiger partial charge in [0.2, 0.25) is 5.91 Å². The van der Waals surface area contributed by atoms with Crippen LogP contribution >= 0.6 is 15.9 Å². The van der Waals surface area contributed by atoms with Crippen LogP contribution in [0, 0.1) is 0 Å². The Kier molecular flexibility index (Phi) is 4.24. The van der Waals surface area contributed by atoms with Gasteiger partial charge in [-0.1, -0.05) is 46.3 Å². The summed E-state index contributed by atoms with van der Waals surface area (Å²) in [4.78, 5) is 11.8. The van der Waals surface area contributed by atoms with E-state index in [2.05, 4.69) is 21.0 Å². The first-order valence-corrected chi connectivity index (χ1v) is 7.73. The first kappa shape index (κ1) is 14.8. The van der Waals surface area contributed by atoms with Crippen molar-refractivity contribution in [1.29, 1.82) is 0 Å². The van der Waals surface area contributed by atoms with Crippen LogP contribution in [0.4, 0.5) is 0 Å². The number of hydrogen-bond donors (Lipinski definition) is 0. The number of hydrogen-bond acceptors (Lipinski definition) is 3. The third-order valence-corrected chi connectivity index (χ3v) is 4.11. The lowest BCUT2D eigenvalue weighted by molar-refractivity contribution is -0.146. The minimum absolute atomic E-state index is 0.0168. The van der Waals surface area contributed by atoms with E-state index in [0.29, 0.717) is 6.42 Å². The third kappa shape index (κ3) is 2.90. The lowest BCUT2D eigenvalue weighted by atomic mass is 9.96. The largest absolute Gasteiger partial charge is 0.496 e. The van der Waals surface area contributed by atoms with Gasteiger partial charge < -0.3 is 4.74 Å². The highest BCUT2D eigenvalue weighted by Gasteiger charge is 2.37. The van der Waals surface area contributed by atoms with Crippen molar-refractivity contribution in [2.24, 2.45) is 5.10 Å². The Morgan fingerprint density at radius 2 is 2.05 bits per heavy atom. The maximum Gasteiger partial charge on any atom is 0.245 e. The van der Waals surface area contributed by atoms with E-state index in [9.17, 15) is 4.79 Å². The fourth-order valence-corrected chi connectivity index (χ4v) is 2.80. The molecule has 1 amide bonds. The van der Waals surface area contributed by atoms with Crippen molar-refractivity contribution in [2.75, 3.05) is 7.11 Å². The molecule has 1 saturated heterocycles. The van der Waals surface area contributed by atoms with Crippen LogP contribution in [0.25, 0.3) is 0 Å². The van der Waals surface area contributed by atoms with E-state index in [1.165, 1.54) is 5.01 Å². The summed E-state index contributed by atoms with van der Waals surface area (Å²) in [7, 11) is 1.61. The average molecular weight is 359 g/mol. The Bertz CT molecular complexity index is 716. The maximum absolute atomic E-state index is 11.8. The topological polar surface area (TPSA) is 41.9 Å². The first-order chi connectivity index (χ1) is 10.7. The fraction of sp³-hybridized carbons (Fsp3) is 0.176. The number of amides is 1. The lowest BCUT2D eigenvalue weighted by Gasteiger charge is -2.36. The van der Waals surface area contributed by atoms with Crippen LogP contribution in [0.15, 0.2) is 58.1 Å². The minimum Gasteiger partial charge on any atom is -0.496 e. The second-order valence-electron chi connectivity index (χ2n) is 5.00.